The molecule has 0 radical (unpaired) electrons. The lowest BCUT2D eigenvalue weighted by atomic mass is 10.0. The minimum Gasteiger partial charge on any atom is -0.497 e. The van der Waals surface area contributed by atoms with E-state index in [2.05, 4.69) is 16.0 Å². The molecule has 5 heteroatoms. The Morgan fingerprint density at radius 1 is 1.00 bits per heavy atom. The lowest BCUT2D eigenvalue weighted by Gasteiger charge is -2.27. The Hall–Kier alpha value is -3.47. The van der Waals surface area contributed by atoms with E-state index < -0.39 is 0 Å². The number of methoxy groups -OCH3 is 1. The summed E-state index contributed by atoms with van der Waals surface area (Å²) in [7, 11) is 1.64. The highest BCUT2D eigenvalue weighted by Crippen LogP contribution is 2.25. The van der Waals surface area contributed by atoms with Crippen molar-refractivity contribution in [2.24, 2.45) is 0 Å². The van der Waals surface area contributed by atoms with Gasteiger partial charge in [-0.1, -0.05) is 24.3 Å². The molecule has 140 valence electrons. The average Bonchev–Trinajstić information content (AvgIpc) is 2.79. The van der Waals surface area contributed by atoms with Crippen molar-refractivity contribution in [1.82, 2.24) is 14.9 Å². The van der Waals surface area contributed by atoms with Crippen molar-refractivity contribution >= 4 is 11.5 Å². The summed E-state index contributed by atoms with van der Waals surface area (Å²) in [4.78, 5) is 23.4. The van der Waals surface area contributed by atoms with E-state index >= 15 is 0 Å². The molecular formula is C23H21N3O2. The summed E-state index contributed by atoms with van der Waals surface area (Å²) in [6.07, 6.45) is 10.0. The van der Waals surface area contributed by atoms with E-state index in [0.717, 1.165) is 34.4 Å². The molecule has 1 aromatic carbocycles. The molecule has 28 heavy (non-hydrogen) atoms. The van der Waals surface area contributed by atoms with Crippen molar-refractivity contribution < 1.29 is 9.53 Å². The van der Waals surface area contributed by atoms with Crippen molar-refractivity contribution in [2.45, 2.75) is 6.42 Å². The van der Waals surface area contributed by atoms with E-state index in [0.29, 0.717) is 18.7 Å². The molecule has 0 saturated heterocycles. The summed E-state index contributed by atoms with van der Waals surface area (Å²) in [5.74, 6) is 0.796. The van der Waals surface area contributed by atoms with Crippen LogP contribution in [0.4, 0.5) is 0 Å². The van der Waals surface area contributed by atoms with Crippen molar-refractivity contribution in [1.29, 1.82) is 0 Å². The van der Waals surface area contributed by atoms with Gasteiger partial charge in [-0.05, 0) is 47.4 Å². The number of hydrogen-bond donors (Lipinski definition) is 0. The predicted octanol–water partition coefficient (Wildman–Crippen LogP) is 4.08. The van der Waals surface area contributed by atoms with Crippen molar-refractivity contribution in [3.8, 4) is 16.9 Å². The molecular weight excluding hydrogens is 350 g/mol. The first-order chi connectivity index (χ1) is 13.7. The van der Waals surface area contributed by atoms with Gasteiger partial charge in [-0.3, -0.25) is 14.8 Å². The van der Waals surface area contributed by atoms with E-state index in [1.807, 2.05) is 53.6 Å². The minimum absolute atomic E-state index is 0.00245. The van der Waals surface area contributed by atoms with Crippen LogP contribution in [0.15, 0.2) is 73.3 Å². The van der Waals surface area contributed by atoms with Gasteiger partial charge >= 0.3 is 0 Å². The first-order valence-corrected chi connectivity index (χ1v) is 9.23. The van der Waals surface area contributed by atoms with Crippen LogP contribution in [-0.2, 0) is 0 Å². The molecule has 1 aliphatic rings. The number of carbonyl (C=O) groups is 1. The summed E-state index contributed by atoms with van der Waals surface area (Å²) >= 11 is 0. The number of aromatic nitrogens is 2. The smallest absolute Gasteiger partial charge is 0.255 e. The Kier molecular flexibility index (Phi) is 5.15. The van der Waals surface area contributed by atoms with Crippen LogP contribution in [0.5, 0.6) is 5.75 Å². The highest BCUT2D eigenvalue weighted by atomic mass is 16.5. The summed E-state index contributed by atoms with van der Waals surface area (Å²) in [6, 6.07) is 13.6. The molecule has 1 amide bonds. The maximum absolute atomic E-state index is 13.1. The first kappa shape index (κ1) is 17.9. The van der Waals surface area contributed by atoms with E-state index in [4.69, 9.17) is 4.74 Å². The SMILES string of the molecule is COc1ccc(-c2cncc(C(=O)N3CCC=C(c4cccnc4)C3)c2)cc1. The van der Waals surface area contributed by atoms with Gasteiger partial charge in [0.2, 0.25) is 0 Å². The van der Waals surface area contributed by atoms with Crippen LogP contribution < -0.4 is 4.74 Å². The fourth-order valence-electron chi connectivity index (χ4n) is 3.36. The number of pyridine rings is 2. The molecule has 0 fully saturated rings. The van der Waals surface area contributed by atoms with Crippen LogP contribution in [-0.4, -0.2) is 41.0 Å². The van der Waals surface area contributed by atoms with E-state index in [1.165, 1.54) is 0 Å². The second-order valence-corrected chi connectivity index (χ2v) is 6.68. The Morgan fingerprint density at radius 2 is 1.82 bits per heavy atom. The Bertz CT molecular complexity index is 998. The molecule has 0 atom stereocenters. The van der Waals surface area contributed by atoms with Crippen molar-refractivity contribution in [3.05, 3.63) is 84.5 Å². The Morgan fingerprint density at radius 3 is 2.57 bits per heavy atom. The van der Waals surface area contributed by atoms with Gasteiger partial charge in [-0.25, -0.2) is 0 Å². The predicted molar refractivity (Wildman–Crippen MR) is 109 cm³/mol. The Balaban J connectivity index is 1.54. The number of amides is 1. The highest BCUT2D eigenvalue weighted by molar-refractivity contribution is 5.96. The Labute approximate surface area is 164 Å². The summed E-state index contributed by atoms with van der Waals surface area (Å²) < 4.78 is 5.21. The zero-order chi connectivity index (χ0) is 19.3. The standard InChI is InChI=1S/C23H21N3O2/c1-28-22-8-6-17(7-9-22)20-12-21(15-25-14-20)23(27)26-11-3-5-19(16-26)18-4-2-10-24-13-18/h2,4-10,12-15H,3,11,16H2,1H3. The fraction of sp³-hybridized carbons (Fsp3) is 0.174. The summed E-state index contributed by atoms with van der Waals surface area (Å²) in [5, 5.41) is 0. The zero-order valence-electron chi connectivity index (χ0n) is 15.7. The van der Waals surface area contributed by atoms with Gasteiger partial charge < -0.3 is 9.64 Å². The van der Waals surface area contributed by atoms with E-state index in [1.54, 1.807) is 25.7 Å². The number of carbonyl (C=O) groups excluding carboxylic acids is 1. The minimum atomic E-state index is -0.00245. The van der Waals surface area contributed by atoms with Crippen LogP contribution in [0.1, 0.15) is 22.3 Å². The molecule has 1 aliphatic heterocycles. The van der Waals surface area contributed by atoms with Gasteiger partial charge in [0.15, 0.2) is 0 Å². The molecule has 0 unspecified atom stereocenters. The third kappa shape index (κ3) is 3.78. The monoisotopic (exact) mass is 371 g/mol. The summed E-state index contributed by atoms with van der Waals surface area (Å²) in [5.41, 5.74) is 4.70. The van der Waals surface area contributed by atoms with Crippen LogP contribution in [0.3, 0.4) is 0 Å². The van der Waals surface area contributed by atoms with Gasteiger partial charge in [0.05, 0.1) is 12.7 Å². The normalized spacial score (nSPS) is 13.8. The van der Waals surface area contributed by atoms with Gasteiger partial charge in [0.1, 0.15) is 5.75 Å². The number of ether oxygens (including phenoxy) is 1. The van der Waals surface area contributed by atoms with Gasteiger partial charge in [0.25, 0.3) is 5.91 Å². The largest absolute Gasteiger partial charge is 0.497 e. The lowest BCUT2D eigenvalue weighted by Crippen LogP contribution is -2.35. The van der Waals surface area contributed by atoms with Crippen LogP contribution in [0, 0.1) is 0 Å². The zero-order valence-corrected chi connectivity index (χ0v) is 15.7. The quantitative estimate of drug-likeness (QED) is 0.693. The van der Waals surface area contributed by atoms with E-state index in [-0.39, 0.29) is 5.91 Å². The van der Waals surface area contributed by atoms with Crippen LogP contribution in [0.2, 0.25) is 0 Å². The molecule has 0 saturated carbocycles. The molecule has 5 nitrogen and oxygen atoms in total. The number of nitrogens with zero attached hydrogens (tertiary/aromatic N) is 3. The molecule has 3 aromatic rings. The number of benzene rings is 1. The number of hydrogen-bond acceptors (Lipinski definition) is 4. The van der Waals surface area contributed by atoms with Crippen LogP contribution >= 0.6 is 0 Å². The average molecular weight is 371 g/mol. The molecule has 3 heterocycles. The van der Waals surface area contributed by atoms with E-state index in [9.17, 15) is 4.79 Å². The maximum atomic E-state index is 13.1. The second-order valence-electron chi connectivity index (χ2n) is 6.68. The van der Waals surface area contributed by atoms with Crippen LogP contribution in [0.25, 0.3) is 16.7 Å². The van der Waals surface area contributed by atoms with Gasteiger partial charge in [-0.2, -0.15) is 0 Å². The molecule has 0 bridgehead atoms. The topological polar surface area (TPSA) is 55.3 Å². The highest BCUT2D eigenvalue weighted by Gasteiger charge is 2.21. The molecule has 0 N–H and O–H groups in total. The second kappa shape index (κ2) is 8.05. The molecule has 2 aromatic heterocycles. The van der Waals surface area contributed by atoms with Gasteiger partial charge in [0, 0.05) is 43.4 Å². The first-order valence-electron chi connectivity index (χ1n) is 9.23. The third-order valence-corrected chi connectivity index (χ3v) is 4.88. The lowest BCUT2D eigenvalue weighted by molar-refractivity contribution is 0.0774. The summed E-state index contributed by atoms with van der Waals surface area (Å²) in [6.45, 7) is 1.28. The molecule has 4 rings (SSSR count). The maximum Gasteiger partial charge on any atom is 0.255 e. The number of rotatable bonds is 4. The van der Waals surface area contributed by atoms with Crippen molar-refractivity contribution in [2.75, 3.05) is 20.2 Å². The molecule has 0 aliphatic carbocycles. The fourth-order valence-corrected chi connectivity index (χ4v) is 3.36. The van der Waals surface area contributed by atoms with Gasteiger partial charge in [-0.15, -0.1) is 0 Å². The molecule has 0 spiro atoms. The third-order valence-electron chi connectivity index (χ3n) is 4.88. The van der Waals surface area contributed by atoms with Crippen molar-refractivity contribution in [3.63, 3.8) is 0 Å².